The van der Waals surface area contributed by atoms with Crippen LogP contribution in [0.3, 0.4) is 0 Å². The van der Waals surface area contributed by atoms with Crippen molar-refractivity contribution in [3.8, 4) is 0 Å². The minimum Gasteiger partial charge on any atom is -0.331 e. The Morgan fingerprint density at radius 3 is 2.34 bits per heavy atom. The molecule has 2 saturated heterocycles. The van der Waals surface area contributed by atoms with Crippen LogP contribution >= 0.6 is 0 Å². The molecule has 234 valence electrons. The molecule has 2 fully saturated rings. The van der Waals surface area contributed by atoms with Gasteiger partial charge < -0.3 is 10.2 Å². The molecule has 2 heterocycles. The van der Waals surface area contributed by atoms with Crippen LogP contribution in [-0.4, -0.2) is 46.9 Å². The highest BCUT2D eigenvalue weighted by molar-refractivity contribution is 5.98. The molecular formula is C35H39F4N3O2. The van der Waals surface area contributed by atoms with Crippen molar-refractivity contribution in [3.05, 3.63) is 100 Å². The van der Waals surface area contributed by atoms with Gasteiger partial charge in [-0.15, -0.1) is 0 Å². The van der Waals surface area contributed by atoms with Crippen LogP contribution < -0.4 is 5.32 Å². The quantitative estimate of drug-likeness (QED) is 0.276. The number of hydrogen-bond acceptors (Lipinski definition) is 3. The predicted octanol–water partition coefficient (Wildman–Crippen LogP) is 8.02. The first-order valence-electron chi connectivity index (χ1n) is 15.3. The zero-order chi connectivity index (χ0) is 31.6. The van der Waals surface area contributed by atoms with E-state index in [2.05, 4.69) is 19.2 Å². The van der Waals surface area contributed by atoms with Gasteiger partial charge >= 0.3 is 6.18 Å². The molecular weight excluding hydrogens is 570 g/mol. The van der Waals surface area contributed by atoms with Gasteiger partial charge in [-0.3, -0.25) is 14.5 Å². The van der Waals surface area contributed by atoms with Gasteiger partial charge in [-0.2, -0.15) is 13.2 Å². The lowest BCUT2D eigenvalue weighted by Crippen LogP contribution is -2.46. The number of benzene rings is 3. The Morgan fingerprint density at radius 1 is 0.955 bits per heavy atom. The van der Waals surface area contributed by atoms with Crippen LogP contribution in [0.1, 0.15) is 84.1 Å². The van der Waals surface area contributed by atoms with Crippen LogP contribution in [0.5, 0.6) is 0 Å². The van der Waals surface area contributed by atoms with Crippen molar-refractivity contribution >= 4 is 17.5 Å². The molecule has 1 N–H and O–H groups in total. The molecule has 0 radical (unpaired) electrons. The number of hydrogen-bond donors (Lipinski definition) is 1. The molecule has 3 aromatic rings. The zero-order valence-electron chi connectivity index (χ0n) is 25.3. The van der Waals surface area contributed by atoms with Gasteiger partial charge in [-0.1, -0.05) is 62.4 Å². The Balaban J connectivity index is 1.46. The molecule has 2 aliphatic heterocycles. The maximum absolute atomic E-state index is 15.0. The van der Waals surface area contributed by atoms with Gasteiger partial charge in [0.2, 0.25) is 5.91 Å². The number of piperidine rings is 1. The second-order valence-electron chi connectivity index (χ2n) is 12.3. The van der Waals surface area contributed by atoms with Crippen LogP contribution in [0, 0.1) is 18.7 Å². The molecule has 44 heavy (non-hydrogen) atoms. The first-order chi connectivity index (χ1) is 20.9. The number of rotatable bonds is 7. The fourth-order valence-corrected chi connectivity index (χ4v) is 6.61. The van der Waals surface area contributed by atoms with E-state index in [4.69, 9.17) is 0 Å². The number of carbonyl (C=O) groups excluding carboxylic acids is 2. The number of carbonyl (C=O) groups is 2. The second-order valence-corrected chi connectivity index (χ2v) is 12.3. The number of amides is 2. The number of anilines is 1. The summed E-state index contributed by atoms with van der Waals surface area (Å²) >= 11 is 0. The first-order valence-corrected chi connectivity index (χ1v) is 15.3. The van der Waals surface area contributed by atoms with E-state index in [1.54, 1.807) is 48.2 Å². The molecule has 5 rings (SSSR count). The summed E-state index contributed by atoms with van der Waals surface area (Å²) in [6.45, 7) is 6.70. The molecule has 1 unspecified atom stereocenters. The van der Waals surface area contributed by atoms with E-state index >= 15 is 0 Å². The molecule has 0 spiro atoms. The molecule has 3 atom stereocenters. The molecule has 0 saturated carbocycles. The van der Waals surface area contributed by atoms with Gasteiger partial charge in [0.1, 0.15) is 11.9 Å². The van der Waals surface area contributed by atoms with Crippen LogP contribution in [0.2, 0.25) is 0 Å². The Labute approximate surface area is 256 Å². The van der Waals surface area contributed by atoms with Gasteiger partial charge in [-0.05, 0) is 85.5 Å². The highest BCUT2D eigenvalue weighted by Gasteiger charge is 2.46. The van der Waals surface area contributed by atoms with E-state index in [1.807, 2.05) is 24.3 Å². The highest BCUT2D eigenvalue weighted by Crippen LogP contribution is 2.39. The SMILES string of the molecule is Cc1cccc(F)c1C(=O)N1CCC[C@H](C(=O)Nc2cccc(C(C)C)c2)[C@@H]1c1ccc(CN2CCCC2C(F)(F)F)cc1. The van der Waals surface area contributed by atoms with Crippen molar-refractivity contribution in [3.63, 3.8) is 0 Å². The van der Waals surface area contributed by atoms with Crippen molar-refractivity contribution < 1.29 is 27.2 Å². The maximum atomic E-state index is 15.0. The monoisotopic (exact) mass is 609 g/mol. The molecule has 0 bridgehead atoms. The number of nitrogens with zero attached hydrogens (tertiary/aromatic N) is 2. The third-order valence-corrected chi connectivity index (χ3v) is 8.93. The lowest BCUT2D eigenvalue weighted by atomic mass is 9.83. The average Bonchev–Trinajstić information content (AvgIpc) is 3.46. The summed E-state index contributed by atoms with van der Waals surface area (Å²) in [6.07, 6.45) is -2.62. The fraction of sp³-hybridized carbons (Fsp3) is 0.429. The normalized spacial score (nSPS) is 21.1. The molecule has 9 heteroatoms. The molecule has 2 amide bonds. The second kappa shape index (κ2) is 13.1. The lowest BCUT2D eigenvalue weighted by molar-refractivity contribution is -0.177. The summed E-state index contributed by atoms with van der Waals surface area (Å²) < 4.78 is 55.6. The molecule has 0 aliphatic carbocycles. The lowest BCUT2D eigenvalue weighted by Gasteiger charge is -2.41. The minimum absolute atomic E-state index is 0.0213. The Hall–Kier alpha value is -3.72. The topological polar surface area (TPSA) is 52.7 Å². The summed E-state index contributed by atoms with van der Waals surface area (Å²) in [6, 6.07) is 17.1. The van der Waals surface area contributed by atoms with Crippen molar-refractivity contribution in [1.82, 2.24) is 9.80 Å². The van der Waals surface area contributed by atoms with E-state index in [9.17, 15) is 27.2 Å². The van der Waals surface area contributed by atoms with E-state index < -0.39 is 35.9 Å². The molecule has 3 aromatic carbocycles. The van der Waals surface area contributed by atoms with Gasteiger partial charge in [0.25, 0.3) is 5.91 Å². The number of halogens is 4. The average molecular weight is 610 g/mol. The third-order valence-electron chi connectivity index (χ3n) is 8.93. The summed E-state index contributed by atoms with van der Waals surface area (Å²) in [5, 5.41) is 3.04. The Bertz CT molecular complexity index is 1470. The van der Waals surface area contributed by atoms with E-state index in [-0.39, 0.29) is 30.4 Å². The molecule has 5 nitrogen and oxygen atoms in total. The smallest absolute Gasteiger partial charge is 0.331 e. The molecule has 2 aliphatic rings. The molecule has 0 aromatic heterocycles. The summed E-state index contributed by atoms with van der Waals surface area (Å²) in [4.78, 5) is 30.8. The van der Waals surface area contributed by atoms with E-state index in [1.165, 1.54) is 11.0 Å². The van der Waals surface area contributed by atoms with Crippen LogP contribution in [0.25, 0.3) is 0 Å². The third kappa shape index (κ3) is 6.83. The van der Waals surface area contributed by atoms with E-state index in [0.717, 1.165) is 11.1 Å². The maximum Gasteiger partial charge on any atom is 0.404 e. The first kappa shape index (κ1) is 31.7. The van der Waals surface area contributed by atoms with Gasteiger partial charge in [0.15, 0.2) is 0 Å². The summed E-state index contributed by atoms with van der Waals surface area (Å²) in [7, 11) is 0. The minimum atomic E-state index is -4.28. The van der Waals surface area contributed by atoms with Crippen molar-refractivity contribution in [2.24, 2.45) is 5.92 Å². The van der Waals surface area contributed by atoms with Crippen LogP contribution in [0.4, 0.5) is 23.2 Å². The highest BCUT2D eigenvalue weighted by atomic mass is 19.4. The van der Waals surface area contributed by atoms with Crippen LogP contribution in [-0.2, 0) is 11.3 Å². The number of likely N-dealkylation sites (tertiary alicyclic amines) is 2. The largest absolute Gasteiger partial charge is 0.404 e. The van der Waals surface area contributed by atoms with Crippen molar-refractivity contribution in [2.75, 3.05) is 18.4 Å². The Morgan fingerprint density at radius 2 is 1.66 bits per heavy atom. The fourth-order valence-electron chi connectivity index (χ4n) is 6.61. The predicted molar refractivity (Wildman–Crippen MR) is 163 cm³/mol. The zero-order valence-corrected chi connectivity index (χ0v) is 25.3. The summed E-state index contributed by atoms with van der Waals surface area (Å²) in [5.41, 5.74) is 3.62. The van der Waals surface area contributed by atoms with Crippen molar-refractivity contribution in [1.29, 1.82) is 0 Å². The van der Waals surface area contributed by atoms with Crippen LogP contribution in [0.15, 0.2) is 66.7 Å². The van der Waals surface area contributed by atoms with Gasteiger partial charge in [0.05, 0.1) is 17.5 Å². The van der Waals surface area contributed by atoms with Gasteiger partial charge in [-0.25, -0.2) is 4.39 Å². The number of nitrogens with one attached hydrogen (secondary N) is 1. The summed E-state index contributed by atoms with van der Waals surface area (Å²) in [5.74, 6) is -1.70. The van der Waals surface area contributed by atoms with Crippen molar-refractivity contribution in [2.45, 2.75) is 77.2 Å². The number of aryl methyl sites for hydroxylation is 1. The Kier molecular flexibility index (Phi) is 9.44. The standard InChI is InChI=1S/C35H39F4N3O2/c1-22(2)26-9-5-10-27(20-26)40-33(43)28-11-6-19-42(34(44)31-23(3)8-4-12-29(31)36)32(28)25-16-14-24(15-17-25)21-41-18-7-13-30(41)35(37,38)39/h4-5,8-10,12,14-17,20,22,28,30,32H,6-7,11,13,18-19,21H2,1-3H3,(H,40,43)/t28-,30?,32-/m0/s1. The van der Waals surface area contributed by atoms with E-state index in [0.29, 0.717) is 49.2 Å². The van der Waals surface area contributed by atoms with Gasteiger partial charge in [0, 0.05) is 18.8 Å². The number of alkyl halides is 3.